The molecule has 0 bridgehead atoms. The molecule has 132 valence electrons. The lowest BCUT2D eigenvalue weighted by Crippen LogP contribution is -2.37. The molecule has 0 N–H and O–H groups in total. The van der Waals surface area contributed by atoms with Gasteiger partial charge < -0.3 is 4.42 Å². The summed E-state index contributed by atoms with van der Waals surface area (Å²) in [6.07, 6.45) is 1.56. The number of oxazole rings is 1. The zero-order chi connectivity index (χ0) is 18.4. The normalized spacial score (nSPS) is 11.3. The van der Waals surface area contributed by atoms with Gasteiger partial charge in [-0.05, 0) is 28.1 Å². The van der Waals surface area contributed by atoms with Crippen LogP contribution in [-0.4, -0.2) is 23.7 Å². The first-order chi connectivity index (χ1) is 12.5. The molecule has 0 amide bonds. The summed E-state index contributed by atoms with van der Waals surface area (Å²) in [6.45, 7) is 0.299. The SMILES string of the molecule is Cn1c(=O)c2nc(Br)n(Cc3coc(-c4ccccc4)n3)c2n(C)c1=O. The standard InChI is InChI=1S/C17H14BrN5O3/c1-21-14-12(15(24)22(2)17(21)25)20-16(18)23(14)8-11-9-26-13(19-11)10-6-4-3-5-7-10/h3-7,9H,8H2,1-2H3. The van der Waals surface area contributed by atoms with Gasteiger partial charge in [-0.15, -0.1) is 0 Å². The Hall–Kier alpha value is -2.94. The summed E-state index contributed by atoms with van der Waals surface area (Å²) in [5.41, 5.74) is 1.31. The fourth-order valence-electron chi connectivity index (χ4n) is 2.86. The summed E-state index contributed by atoms with van der Waals surface area (Å²) in [5, 5.41) is 0. The predicted molar refractivity (Wildman–Crippen MR) is 99.0 cm³/mol. The number of imidazole rings is 1. The van der Waals surface area contributed by atoms with Gasteiger partial charge in [0, 0.05) is 19.7 Å². The van der Waals surface area contributed by atoms with E-state index in [1.807, 2.05) is 30.3 Å². The van der Waals surface area contributed by atoms with Crippen LogP contribution in [0, 0.1) is 0 Å². The first-order valence-electron chi connectivity index (χ1n) is 7.79. The Kier molecular flexibility index (Phi) is 3.87. The lowest BCUT2D eigenvalue weighted by molar-refractivity contribution is 0.571. The average molecular weight is 416 g/mol. The van der Waals surface area contributed by atoms with Crippen molar-refractivity contribution >= 4 is 27.1 Å². The lowest BCUT2D eigenvalue weighted by Gasteiger charge is -2.07. The fourth-order valence-corrected chi connectivity index (χ4v) is 3.33. The average Bonchev–Trinajstić information content (AvgIpc) is 3.25. The second-order valence-corrected chi connectivity index (χ2v) is 6.56. The van der Waals surface area contributed by atoms with Crippen LogP contribution in [0.2, 0.25) is 0 Å². The van der Waals surface area contributed by atoms with Crippen molar-refractivity contribution in [1.29, 1.82) is 0 Å². The number of aromatic nitrogens is 5. The van der Waals surface area contributed by atoms with Crippen LogP contribution in [0.15, 0.2) is 55.3 Å². The van der Waals surface area contributed by atoms with E-state index in [0.717, 1.165) is 10.1 Å². The van der Waals surface area contributed by atoms with Crippen molar-refractivity contribution in [3.63, 3.8) is 0 Å². The van der Waals surface area contributed by atoms with Crippen molar-refractivity contribution < 1.29 is 4.42 Å². The molecule has 3 aromatic heterocycles. The molecule has 0 saturated carbocycles. The van der Waals surface area contributed by atoms with Crippen LogP contribution in [0.3, 0.4) is 0 Å². The number of rotatable bonds is 3. The molecule has 1 aromatic carbocycles. The number of fused-ring (bicyclic) bond motifs is 1. The van der Waals surface area contributed by atoms with Gasteiger partial charge in [0.05, 0.1) is 12.2 Å². The van der Waals surface area contributed by atoms with Crippen LogP contribution >= 0.6 is 15.9 Å². The van der Waals surface area contributed by atoms with E-state index in [1.165, 1.54) is 11.6 Å². The molecular weight excluding hydrogens is 402 g/mol. The molecule has 8 nitrogen and oxygen atoms in total. The lowest BCUT2D eigenvalue weighted by atomic mass is 10.2. The van der Waals surface area contributed by atoms with E-state index in [4.69, 9.17) is 4.42 Å². The molecule has 4 aromatic rings. The Labute approximate surface area is 155 Å². The molecular formula is C17H14BrN5O3. The van der Waals surface area contributed by atoms with E-state index in [0.29, 0.717) is 28.5 Å². The van der Waals surface area contributed by atoms with Gasteiger partial charge in [-0.1, -0.05) is 18.2 Å². The Morgan fingerprint density at radius 3 is 2.54 bits per heavy atom. The smallest absolute Gasteiger partial charge is 0.332 e. The summed E-state index contributed by atoms with van der Waals surface area (Å²) < 4.78 is 10.1. The Balaban J connectivity index is 1.82. The van der Waals surface area contributed by atoms with Crippen LogP contribution in [0.25, 0.3) is 22.6 Å². The van der Waals surface area contributed by atoms with Crippen LogP contribution < -0.4 is 11.2 Å². The van der Waals surface area contributed by atoms with Gasteiger partial charge >= 0.3 is 5.69 Å². The maximum atomic E-state index is 12.3. The van der Waals surface area contributed by atoms with Gasteiger partial charge in [-0.3, -0.25) is 18.5 Å². The van der Waals surface area contributed by atoms with E-state index in [9.17, 15) is 9.59 Å². The molecule has 4 rings (SSSR count). The zero-order valence-electron chi connectivity index (χ0n) is 14.0. The van der Waals surface area contributed by atoms with E-state index in [2.05, 4.69) is 25.9 Å². The molecule has 0 saturated heterocycles. The summed E-state index contributed by atoms with van der Waals surface area (Å²) in [5.74, 6) is 0.506. The van der Waals surface area contributed by atoms with Crippen molar-refractivity contribution in [2.75, 3.05) is 0 Å². The molecule has 0 radical (unpaired) electrons. The van der Waals surface area contributed by atoms with Gasteiger partial charge in [0.2, 0.25) is 5.89 Å². The largest absolute Gasteiger partial charge is 0.444 e. The monoisotopic (exact) mass is 415 g/mol. The third kappa shape index (κ3) is 2.51. The molecule has 3 heterocycles. The first-order valence-corrected chi connectivity index (χ1v) is 8.58. The minimum Gasteiger partial charge on any atom is -0.444 e. The molecule has 0 aliphatic heterocycles. The molecule has 0 aliphatic rings. The highest BCUT2D eigenvalue weighted by Gasteiger charge is 2.19. The highest BCUT2D eigenvalue weighted by Crippen LogP contribution is 2.21. The highest BCUT2D eigenvalue weighted by atomic mass is 79.9. The van der Waals surface area contributed by atoms with Gasteiger partial charge in [0.25, 0.3) is 5.56 Å². The number of halogens is 1. The van der Waals surface area contributed by atoms with Gasteiger partial charge in [-0.25, -0.2) is 14.8 Å². The predicted octanol–water partition coefficient (Wildman–Crippen LogP) is 1.90. The summed E-state index contributed by atoms with van der Waals surface area (Å²) in [6, 6.07) is 9.55. The Bertz CT molecular complexity index is 1230. The van der Waals surface area contributed by atoms with Crippen LogP contribution in [0.5, 0.6) is 0 Å². The van der Waals surface area contributed by atoms with Crippen molar-refractivity contribution in [2.24, 2.45) is 14.1 Å². The fraction of sp³-hybridized carbons (Fsp3) is 0.176. The van der Waals surface area contributed by atoms with E-state index < -0.39 is 11.2 Å². The number of hydrogen-bond acceptors (Lipinski definition) is 5. The molecule has 0 unspecified atom stereocenters. The summed E-state index contributed by atoms with van der Waals surface area (Å²) in [7, 11) is 3.04. The summed E-state index contributed by atoms with van der Waals surface area (Å²) >= 11 is 3.37. The minimum absolute atomic E-state index is 0.216. The number of benzene rings is 1. The molecule has 9 heteroatoms. The topological polar surface area (TPSA) is 87.8 Å². The molecule has 0 aliphatic carbocycles. The van der Waals surface area contributed by atoms with Gasteiger partial charge in [0.1, 0.15) is 6.26 Å². The third-order valence-corrected chi connectivity index (χ3v) is 4.79. The third-order valence-electron chi connectivity index (χ3n) is 4.19. The molecule has 0 fully saturated rings. The zero-order valence-corrected chi connectivity index (χ0v) is 15.6. The van der Waals surface area contributed by atoms with Crippen molar-refractivity contribution in [3.8, 4) is 11.5 Å². The first kappa shape index (κ1) is 16.5. The van der Waals surface area contributed by atoms with Crippen molar-refractivity contribution in [1.82, 2.24) is 23.7 Å². The minimum atomic E-state index is -0.437. The molecule has 0 spiro atoms. The molecule has 26 heavy (non-hydrogen) atoms. The maximum absolute atomic E-state index is 12.3. The van der Waals surface area contributed by atoms with Crippen LogP contribution in [-0.2, 0) is 20.6 Å². The summed E-state index contributed by atoms with van der Waals surface area (Å²) in [4.78, 5) is 33.3. The second kappa shape index (κ2) is 6.10. The number of aryl methyl sites for hydroxylation is 1. The van der Waals surface area contributed by atoms with Crippen molar-refractivity contribution in [3.05, 3.63) is 67.9 Å². The number of nitrogens with zero attached hydrogens (tertiary/aromatic N) is 5. The Morgan fingerprint density at radius 1 is 1.08 bits per heavy atom. The van der Waals surface area contributed by atoms with E-state index in [1.54, 1.807) is 17.9 Å². The Morgan fingerprint density at radius 2 is 1.81 bits per heavy atom. The highest BCUT2D eigenvalue weighted by molar-refractivity contribution is 9.10. The molecule has 0 atom stereocenters. The van der Waals surface area contributed by atoms with Crippen LogP contribution in [0.4, 0.5) is 0 Å². The van der Waals surface area contributed by atoms with E-state index >= 15 is 0 Å². The van der Waals surface area contributed by atoms with Gasteiger partial charge in [-0.2, -0.15) is 0 Å². The van der Waals surface area contributed by atoms with E-state index in [-0.39, 0.29) is 5.52 Å². The maximum Gasteiger partial charge on any atom is 0.332 e. The second-order valence-electron chi connectivity index (χ2n) is 5.85. The van der Waals surface area contributed by atoms with Crippen LogP contribution in [0.1, 0.15) is 5.69 Å². The number of hydrogen-bond donors (Lipinski definition) is 0. The van der Waals surface area contributed by atoms with Crippen molar-refractivity contribution in [2.45, 2.75) is 6.54 Å². The van der Waals surface area contributed by atoms with Gasteiger partial charge in [0.15, 0.2) is 15.9 Å². The quantitative estimate of drug-likeness (QED) is 0.476.